The standard InChI is InChI=1S/C10H16O/c1-6-8-4-7(5-9(6)11)10(8,2)3/h6-8H,4-5H2,1-3H3/t6-,7+,8+/m0/s1. The molecule has 0 unspecified atom stereocenters. The van der Waals surface area contributed by atoms with Crippen LogP contribution >= 0.6 is 0 Å². The van der Waals surface area contributed by atoms with Gasteiger partial charge in [-0.3, -0.25) is 4.79 Å². The summed E-state index contributed by atoms with van der Waals surface area (Å²) in [4.78, 5) is 11.3. The van der Waals surface area contributed by atoms with Crippen LogP contribution in [0.25, 0.3) is 0 Å². The van der Waals surface area contributed by atoms with Crippen LogP contribution in [0.5, 0.6) is 0 Å². The van der Waals surface area contributed by atoms with Crippen molar-refractivity contribution in [3.05, 3.63) is 0 Å². The molecule has 11 heavy (non-hydrogen) atoms. The summed E-state index contributed by atoms with van der Waals surface area (Å²) in [5, 5.41) is 0. The number of Topliss-reactive ketones (excluding diaryl/α,β-unsaturated/α-hetero) is 1. The summed E-state index contributed by atoms with van der Waals surface area (Å²) in [6.45, 7) is 6.73. The van der Waals surface area contributed by atoms with Gasteiger partial charge in [-0.25, -0.2) is 0 Å². The highest BCUT2D eigenvalue weighted by molar-refractivity contribution is 5.83. The molecule has 3 aliphatic carbocycles. The van der Waals surface area contributed by atoms with Crippen LogP contribution in [-0.2, 0) is 4.79 Å². The quantitative estimate of drug-likeness (QED) is 0.520. The highest BCUT2D eigenvalue weighted by Gasteiger charge is 2.55. The molecule has 3 fully saturated rings. The molecule has 0 heterocycles. The maximum absolute atomic E-state index is 11.3. The molecule has 0 aromatic heterocycles. The topological polar surface area (TPSA) is 17.1 Å². The Bertz CT molecular complexity index is 205. The molecule has 0 aromatic carbocycles. The largest absolute Gasteiger partial charge is 0.299 e. The first-order valence-electron chi connectivity index (χ1n) is 4.56. The van der Waals surface area contributed by atoms with Gasteiger partial charge in [-0.05, 0) is 23.7 Å². The first-order valence-corrected chi connectivity index (χ1v) is 4.56. The molecule has 2 bridgehead atoms. The lowest BCUT2D eigenvalue weighted by atomic mass is 9.45. The van der Waals surface area contributed by atoms with E-state index in [9.17, 15) is 4.79 Å². The van der Waals surface area contributed by atoms with E-state index in [4.69, 9.17) is 0 Å². The third-order valence-corrected chi connectivity index (χ3v) is 4.11. The van der Waals surface area contributed by atoms with Crippen molar-refractivity contribution < 1.29 is 4.79 Å². The molecule has 0 radical (unpaired) electrons. The molecule has 0 amide bonds. The van der Waals surface area contributed by atoms with Crippen LogP contribution in [0, 0.1) is 23.2 Å². The highest BCUT2D eigenvalue weighted by Crippen LogP contribution is 2.59. The maximum atomic E-state index is 11.3. The molecule has 0 aliphatic heterocycles. The third-order valence-electron chi connectivity index (χ3n) is 4.11. The Morgan fingerprint density at radius 2 is 2.09 bits per heavy atom. The molecule has 0 saturated heterocycles. The van der Waals surface area contributed by atoms with E-state index in [1.165, 1.54) is 6.42 Å². The molecular formula is C10H16O. The van der Waals surface area contributed by atoms with Crippen molar-refractivity contribution in [3.8, 4) is 0 Å². The Balaban J connectivity index is 2.23. The van der Waals surface area contributed by atoms with Gasteiger partial charge in [-0.15, -0.1) is 0 Å². The second-order valence-corrected chi connectivity index (χ2v) is 4.82. The summed E-state index contributed by atoms with van der Waals surface area (Å²) in [5.74, 6) is 2.24. The number of rotatable bonds is 0. The van der Waals surface area contributed by atoms with E-state index in [1.54, 1.807) is 0 Å². The summed E-state index contributed by atoms with van der Waals surface area (Å²) in [5.41, 5.74) is 0.466. The summed E-state index contributed by atoms with van der Waals surface area (Å²) < 4.78 is 0. The average Bonchev–Trinajstić information content (AvgIpc) is 1.93. The predicted molar refractivity (Wildman–Crippen MR) is 44.2 cm³/mol. The van der Waals surface area contributed by atoms with E-state index in [0.29, 0.717) is 29.0 Å². The van der Waals surface area contributed by atoms with E-state index in [2.05, 4.69) is 20.8 Å². The zero-order valence-electron chi connectivity index (χ0n) is 7.55. The van der Waals surface area contributed by atoms with Crippen LogP contribution in [0.15, 0.2) is 0 Å². The monoisotopic (exact) mass is 152 g/mol. The van der Waals surface area contributed by atoms with Gasteiger partial charge in [0.1, 0.15) is 5.78 Å². The average molecular weight is 152 g/mol. The number of hydrogen-bond acceptors (Lipinski definition) is 1. The Hall–Kier alpha value is -0.330. The zero-order valence-corrected chi connectivity index (χ0v) is 7.55. The van der Waals surface area contributed by atoms with Crippen LogP contribution in [0.1, 0.15) is 33.6 Å². The molecule has 3 atom stereocenters. The molecule has 3 saturated carbocycles. The lowest BCUT2D eigenvalue weighted by Crippen LogP contribution is -2.55. The van der Waals surface area contributed by atoms with Gasteiger partial charge in [0.15, 0.2) is 0 Å². The Labute approximate surface area is 68.2 Å². The number of hydrogen-bond donors (Lipinski definition) is 0. The summed E-state index contributed by atoms with van der Waals surface area (Å²) >= 11 is 0. The molecule has 0 aromatic rings. The van der Waals surface area contributed by atoms with E-state index in [0.717, 1.165) is 6.42 Å². The lowest BCUT2D eigenvalue weighted by molar-refractivity contribution is -0.152. The first-order chi connectivity index (χ1) is 5.03. The Kier molecular flexibility index (Phi) is 1.25. The van der Waals surface area contributed by atoms with Gasteiger partial charge in [0, 0.05) is 12.3 Å². The Morgan fingerprint density at radius 1 is 1.45 bits per heavy atom. The normalized spacial score (nSPS) is 46.8. The van der Waals surface area contributed by atoms with Gasteiger partial charge in [0.25, 0.3) is 0 Å². The summed E-state index contributed by atoms with van der Waals surface area (Å²) in [6, 6.07) is 0. The minimum Gasteiger partial charge on any atom is -0.299 e. The van der Waals surface area contributed by atoms with Crippen molar-refractivity contribution in [2.45, 2.75) is 33.6 Å². The van der Waals surface area contributed by atoms with Crippen LogP contribution in [0.3, 0.4) is 0 Å². The van der Waals surface area contributed by atoms with Crippen molar-refractivity contribution in [1.29, 1.82) is 0 Å². The minimum absolute atomic E-state index is 0.343. The van der Waals surface area contributed by atoms with Crippen LogP contribution in [0.2, 0.25) is 0 Å². The van der Waals surface area contributed by atoms with Crippen molar-refractivity contribution in [3.63, 3.8) is 0 Å². The summed E-state index contributed by atoms with van der Waals surface area (Å²) in [7, 11) is 0. The van der Waals surface area contributed by atoms with Crippen LogP contribution in [-0.4, -0.2) is 5.78 Å². The fourth-order valence-corrected chi connectivity index (χ4v) is 2.90. The summed E-state index contributed by atoms with van der Waals surface area (Å²) in [6.07, 6.45) is 2.16. The molecular weight excluding hydrogens is 136 g/mol. The first kappa shape index (κ1) is 7.33. The minimum atomic E-state index is 0.343. The van der Waals surface area contributed by atoms with Crippen molar-refractivity contribution in [1.82, 2.24) is 0 Å². The van der Waals surface area contributed by atoms with Gasteiger partial charge in [-0.1, -0.05) is 20.8 Å². The number of carbonyl (C=O) groups excluding carboxylic acids is 1. The number of ketones is 1. The maximum Gasteiger partial charge on any atom is 0.136 e. The molecule has 0 N–H and O–H groups in total. The molecule has 0 spiro atoms. The van der Waals surface area contributed by atoms with E-state index in [1.807, 2.05) is 0 Å². The van der Waals surface area contributed by atoms with Gasteiger partial charge in [0.05, 0.1) is 0 Å². The van der Waals surface area contributed by atoms with E-state index < -0.39 is 0 Å². The molecule has 3 aliphatic rings. The second-order valence-electron chi connectivity index (χ2n) is 4.82. The second kappa shape index (κ2) is 1.88. The predicted octanol–water partition coefficient (Wildman–Crippen LogP) is 2.26. The zero-order chi connectivity index (χ0) is 8.22. The molecule has 1 nitrogen and oxygen atoms in total. The van der Waals surface area contributed by atoms with Gasteiger partial charge in [-0.2, -0.15) is 0 Å². The van der Waals surface area contributed by atoms with Crippen LogP contribution in [0.4, 0.5) is 0 Å². The van der Waals surface area contributed by atoms with Crippen molar-refractivity contribution in [2.75, 3.05) is 0 Å². The lowest BCUT2D eigenvalue weighted by Gasteiger charge is -2.58. The molecule has 62 valence electrons. The fraction of sp³-hybridized carbons (Fsp3) is 0.900. The third kappa shape index (κ3) is 0.743. The van der Waals surface area contributed by atoms with Crippen molar-refractivity contribution >= 4 is 5.78 Å². The van der Waals surface area contributed by atoms with Gasteiger partial charge < -0.3 is 0 Å². The molecule has 1 heteroatoms. The SMILES string of the molecule is C[C@@H]1C(=O)C[C@H]2C[C@H]1C2(C)C. The van der Waals surface area contributed by atoms with E-state index in [-0.39, 0.29) is 0 Å². The van der Waals surface area contributed by atoms with Gasteiger partial charge >= 0.3 is 0 Å². The Morgan fingerprint density at radius 3 is 2.45 bits per heavy atom. The smallest absolute Gasteiger partial charge is 0.136 e. The highest BCUT2D eigenvalue weighted by atomic mass is 16.1. The van der Waals surface area contributed by atoms with Crippen molar-refractivity contribution in [2.24, 2.45) is 23.2 Å². The number of carbonyl (C=O) groups is 1. The number of fused-ring (bicyclic) bond motifs is 2. The fourth-order valence-electron chi connectivity index (χ4n) is 2.90. The van der Waals surface area contributed by atoms with Gasteiger partial charge in [0.2, 0.25) is 0 Å². The van der Waals surface area contributed by atoms with E-state index >= 15 is 0 Å². The van der Waals surface area contributed by atoms with Crippen LogP contribution < -0.4 is 0 Å². The molecule has 3 rings (SSSR count).